The van der Waals surface area contributed by atoms with Gasteiger partial charge in [0.05, 0.1) is 11.9 Å². The molecule has 0 fully saturated rings. The van der Waals surface area contributed by atoms with Crippen LogP contribution in [0.4, 0.5) is 27.6 Å². The molecule has 1 aromatic carbocycles. The molecule has 33 heavy (non-hydrogen) atoms. The van der Waals surface area contributed by atoms with E-state index in [1.807, 2.05) is 6.92 Å². The van der Waals surface area contributed by atoms with Gasteiger partial charge in [0, 0.05) is 13.6 Å². The largest absolute Gasteiger partial charge is 0.479 e. The van der Waals surface area contributed by atoms with E-state index in [4.69, 9.17) is 4.42 Å². The van der Waals surface area contributed by atoms with E-state index in [1.54, 1.807) is 0 Å². The summed E-state index contributed by atoms with van der Waals surface area (Å²) < 4.78 is 78.1. The molecule has 0 spiro atoms. The molecule has 0 radical (unpaired) electrons. The van der Waals surface area contributed by atoms with Crippen LogP contribution in [0.25, 0.3) is 0 Å². The van der Waals surface area contributed by atoms with Gasteiger partial charge in [-0.3, -0.25) is 14.3 Å². The van der Waals surface area contributed by atoms with Gasteiger partial charge < -0.3 is 19.8 Å². The SMILES string of the molecule is CCCNC(=O)c1c(NC(=O)c2ccc(COc3c(F)c(F)c(F)c(F)c3F)o2)cnn1C. The molecular weight excluding hydrogens is 455 g/mol. The van der Waals surface area contributed by atoms with Crippen molar-refractivity contribution in [1.82, 2.24) is 15.1 Å². The molecule has 0 saturated heterocycles. The van der Waals surface area contributed by atoms with Crippen LogP contribution in [0, 0.1) is 29.1 Å². The summed E-state index contributed by atoms with van der Waals surface area (Å²) >= 11 is 0. The summed E-state index contributed by atoms with van der Waals surface area (Å²) in [6, 6.07) is 2.40. The van der Waals surface area contributed by atoms with Crippen molar-refractivity contribution in [2.24, 2.45) is 7.05 Å². The standard InChI is InChI=1S/C20H17F5N4O4/c1-3-6-26-20(31)17-10(7-27-29(17)2)28-19(30)11-5-4-9(33-11)8-32-18-15(24)13(22)12(21)14(23)16(18)25/h4-5,7H,3,6,8H2,1-2H3,(H,26,31)(H,28,30). The molecule has 8 nitrogen and oxygen atoms in total. The maximum absolute atomic E-state index is 13.7. The van der Waals surface area contributed by atoms with Crippen LogP contribution in [-0.4, -0.2) is 28.1 Å². The van der Waals surface area contributed by atoms with E-state index in [9.17, 15) is 31.5 Å². The zero-order valence-electron chi connectivity index (χ0n) is 17.3. The van der Waals surface area contributed by atoms with E-state index < -0.39 is 53.3 Å². The fourth-order valence-electron chi connectivity index (χ4n) is 2.74. The summed E-state index contributed by atoms with van der Waals surface area (Å²) in [6.07, 6.45) is 1.96. The number of hydrogen-bond donors (Lipinski definition) is 2. The first-order valence-electron chi connectivity index (χ1n) is 9.50. The predicted octanol–water partition coefficient (Wildman–Crippen LogP) is 3.68. The fourth-order valence-corrected chi connectivity index (χ4v) is 2.74. The number of furan rings is 1. The molecule has 3 rings (SSSR count). The van der Waals surface area contributed by atoms with Crippen molar-refractivity contribution in [1.29, 1.82) is 0 Å². The lowest BCUT2D eigenvalue weighted by molar-refractivity contribution is 0.0945. The number of carbonyl (C=O) groups excluding carboxylic acids is 2. The molecular formula is C20H17F5N4O4. The molecule has 0 bridgehead atoms. The minimum atomic E-state index is -2.31. The average molecular weight is 472 g/mol. The number of amides is 2. The summed E-state index contributed by atoms with van der Waals surface area (Å²) in [4.78, 5) is 24.7. The van der Waals surface area contributed by atoms with Crippen molar-refractivity contribution >= 4 is 17.5 Å². The van der Waals surface area contributed by atoms with Crippen molar-refractivity contribution in [3.05, 3.63) is 64.6 Å². The third-order valence-electron chi connectivity index (χ3n) is 4.35. The zero-order valence-corrected chi connectivity index (χ0v) is 17.3. The smallest absolute Gasteiger partial charge is 0.291 e. The number of aromatic nitrogens is 2. The van der Waals surface area contributed by atoms with E-state index in [0.29, 0.717) is 13.0 Å². The van der Waals surface area contributed by atoms with Crippen LogP contribution in [0.3, 0.4) is 0 Å². The number of nitrogens with zero attached hydrogens (tertiary/aromatic N) is 2. The number of anilines is 1. The molecule has 0 saturated carbocycles. The first-order chi connectivity index (χ1) is 15.6. The maximum Gasteiger partial charge on any atom is 0.291 e. The Labute approximate surface area is 183 Å². The summed E-state index contributed by atoms with van der Waals surface area (Å²) in [7, 11) is 1.51. The molecule has 0 atom stereocenters. The Morgan fingerprint density at radius 1 is 1.03 bits per heavy atom. The van der Waals surface area contributed by atoms with Crippen LogP contribution in [0.2, 0.25) is 0 Å². The molecule has 3 aromatic rings. The summed E-state index contributed by atoms with van der Waals surface area (Å²) in [5, 5.41) is 9.04. The fraction of sp³-hybridized carbons (Fsp3) is 0.250. The van der Waals surface area contributed by atoms with Crippen LogP contribution in [0.5, 0.6) is 5.75 Å². The van der Waals surface area contributed by atoms with Gasteiger partial charge in [-0.1, -0.05) is 6.92 Å². The highest BCUT2D eigenvalue weighted by Crippen LogP contribution is 2.30. The molecule has 2 heterocycles. The number of ether oxygens (including phenoxy) is 1. The minimum absolute atomic E-state index is 0.0956. The first kappa shape index (κ1) is 23.8. The van der Waals surface area contributed by atoms with Crippen LogP contribution in [0.1, 0.15) is 40.1 Å². The summed E-state index contributed by atoms with van der Waals surface area (Å²) in [6.45, 7) is 1.56. The second-order valence-corrected chi connectivity index (χ2v) is 6.69. The number of halogens is 5. The highest BCUT2D eigenvalue weighted by atomic mass is 19.2. The Hall–Kier alpha value is -3.90. The molecule has 176 valence electrons. The molecule has 0 aliphatic heterocycles. The van der Waals surface area contributed by atoms with Gasteiger partial charge in [-0.15, -0.1) is 0 Å². The Bertz CT molecular complexity index is 1180. The average Bonchev–Trinajstić information content (AvgIpc) is 3.41. The van der Waals surface area contributed by atoms with Crippen molar-refractivity contribution < 1.29 is 40.7 Å². The van der Waals surface area contributed by atoms with Crippen LogP contribution >= 0.6 is 0 Å². The molecule has 0 aliphatic rings. The Balaban J connectivity index is 1.71. The zero-order chi connectivity index (χ0) is 24.3. The van der Waals surface area contributed by atoms with Gasteiger partial charge in [-0.05, 0) is 18.6 Å². The number of hydrogen-bond acceptors (Lipinski definition) is 5. The van der Waals surface area contributed by atoms with Crippen LogP contribution in [0.15, 0.2) is 22.7 Å². The number of nitrogens with one attached hydrogen (secondary N) is 2. The topological polar surface area (TPSA) is 98.4 Å². The lowest BCUT2D eigenvalue weighted by Gasteiger charge is -2.09. The summed E-state index contributed by atoms with van der Waals surface area (Å²) in [5.41, 5.74) is 0.199. The van der Waals surface area contributed by atoms with E-state index in [-0.39, 0.29) is 22.9 Å². The van der Waals surface area contributed by atoms with E-state index in [1.165, 1.54) is 30.1 Å². The molecule has 0 aliphatic carbocycles. The molecule has 13 heteroatoms. The second-order valence-electron chi connectivity index (χ2n) is 6.69. The second kappa shape index (κ2) is 9.71. The van der Waals surface area contributed by atoms with Crippen molar-refractivity contribution in [2.75, 3.05) is 11.9 Å². The third kappa shape index (κ3) is 4.81. The Morgan fingerprint density at radius 3 is 2.30 bits per heavy atom. The molecule has 2 amide bonds. The Kier molecular flexibility index (Phi) is 6.99. The van der Waals surface area contributed by atoms with E-state index in [0.717, 1.165) is 0 Å². The number of rotatable bonds is 8. The van der Waals surface area contributed by atoms with Crippen molar-refractivity contribution in [2.45, 2.75) is 20.0 Å². The summed E-state index contributed by atoms with van der Waals surface area (Å²) in [5.74, 6) is -14.0. The predicted molar refractivity (Wildman–Crippen MR) is 103 cm³/mol. The van der Waals surface area contributed by atoms with E-state index in [2.05, 4.69) is 20.5 Å². The van der Waals surface area contributed by atoms with Crippen molar-refractivity contribution in [3.63, 3.8) is 0 Å². The van der Waals surface area contributed by atoms with Gasteiger partial charge in [0.15, 0.2) is 11.5 Å². The van der Waals surface area contributed by atoms with Crippen molar-refractivity contribution in [3.8, 4) is 5.75 Å². The van der Waals surface area contributed by atoms with Gasteiger partial charge >= 0.3 is 0 Å². The molecule has 0 unspecified atom stereocenters. The maximum atomic E-state index is 13.7. The Morgan fingerprint density at radius 2 is 1.67 bits per heavy atom. The number of aryl methyl sites for hydroxylation is 1. The highest BCUT2D eigenvalue weighted by molar-refractivity contribution is 6.07. The lowest BCUT2D eigenvalue weighted by atomic mass is 10.2. The van der Waals surface area contributed by atoms with Crippen LogP contribution < -0.4 is 15.4 Å². The molecule has 2 aromatic heterocycles. The van der Waals surface area contributed by atoms with Gasteiger partial charge in [0.25, 0.3) is 11.8 Å². The number of benzene rings is 1. The molecule has 2 N–H and O–H groups in total. The van der Waals surface area contributed by atoms with Gasteiger partial charge in [0.2, 0.25) is 29.1 Å². The van der Waals surface area contributed by atoms with Gasteiger partial charge in [-0.2, -0.15) is 13.9 Å². The van der Waals surface area contributed by atoms with Gasteiger partial charge in [0.1, 0.15) is 18.1 Å². The van der Waals surface area contributed by atoms with Crippen LogP contribution in [-0.2, 0) is 13.7 Å². The first-order valence-corrected chi connectivity index (χ1v) is 9.50. The lowest BCUT2D eigenvalue weighted by Crippen LogP contribution is -2.27. The minimum Gasteiger partial charge on any atom is -0.479 e. The number of carbonyl (C=O) groups is 2. The quantitative estimate of drug-likeness (QED) is 0.296. The third-order valence-corrected chi connectivity index (χ3v) is 4.35. The van der Waals surface area contributed by atoms with Gasteiger partial charge in [-0.25, -0.2) is 13.2 Å². The highest BCUT2D eigenvalue weighted by Gasteiger charge is 2.27. The normalized spacial score (nSPS) is 10.9. The monoisotopic (exact) mass is 472 g/mol. The van der Waals surface area contributed by atoms with E-state index >= 15 is 0 Å².